The van der Waals surface area contributed by atoms with Gasteiger partial charge in [0.05, 0.1) is 24.8 Å². The lowest BCUT2D eigenvalue weighted by Gasteiger charge is -2.16. The number of nitrogens with zero attached hydrogens (tertiary/aromatic N) is 2. The van der Waals surface area contributed by atoms with E-state index in [4.69, 9.17) is 9.15 Å². The third-order valence-electron chi connectivity index (χ3n) is 4.24. The first kappa shape index (κ1) is 17.7. The predicted molar refractivity (Wildman–Crippen MR) is 99.8 cm³/mol. The number of amides is 1. The largest absolute Gasteiger partial charge is 0.496 e. The summed E-state index contributed by atoms with van der Waals surface area (Å²) < 4.78 is 11.1. The van der Waals surface area contributed by atoms with E-state index in [9.17, 15) is 4.79 Å². The van der Waals surface area contributed by atoms with E-state index < -0.39 is 0 Å². The molecule has 0 saturated carbocycles. The molecule has 5 nitrogen and oxygen atoms in total. The number of rotatable bonds is 6. The molecular formula is C21H22N2O3. The molecule has 2 aromatic carbocycles. The van der Waals surface area contributed by atoms with Crippen LogP contribution in [0.5, 0.6) is 5.75 Å². The second-order valence-electron chi connectivity index (χ2n) is 6.13. The van der Waals surface area contributed by atoms with E-state index in [0.717, 1.165) is 11.1 Å². The Labute approximate surface area is 153 Å². The highest BCUT2D eigenvalue weighted by Gasteiger charge is 2.19. The molecule has 0 aliphatic rings. The molecule has 5 heteroatoms. The van der Waals surface area contributed by atoms with Gasteiger partial charge in [0.25, 0.3) is 0 Å². The van der Waals surface area contributed by atoms with Gasteiger partial charge in [0, 0.05) is 13.6 Å². The zero-order valence-corrected chi connectivity index (χ0v) is 15.2. The molecule has 0 unspecified atom stereocenters. The lowest BCUT2D eigenvalue weighted by molar-refractivity contribution is -0.129. The van der Waals surface area contributed by atoms with Gasteiger partial charge < -0.3 is 14.1 Å². The molecule has 0 atom stereocenters. The molecule has 0 bridgehead atoms. The monoisotopic (exact) mass is 350 g/mol. The molecule has 0 saturated heterocycles. The first-order valence-electron chi connectivity index (χ1n) is 8.46. The number of hydrogen-bond donors (Lipinski definition) is 0. The summed E-state index contributed by atoms with van der Waals surface area (Å²) in [5, 5.41) is 0. The van der Waals surface area contributed by atoms with E-state index in [-0.39, 0.29) is 12.3 Å². The highest BCUT2D eigenvalue weighted by Crippen LogP contribution is 2.30. The maximum Gasteiger partial charge on any atom is 0.230 e. The first-order valence-corrected chi connectivity index (χ1v) is 8.46. The van der Waals surface area contributed by atoms with Gasteiger partial charge >= 0.3 is 0 Å². The summed E-state index contributed by atoms with van der Waals surface area (Å²) >= 11 is 0. The molecule has 1 amide bonds. The highest BCUT2D eigenvalue weighted by molar-refractivity contribution is 5.78. The van der Waals surface area contributed by atoms with Gasteiger partial charge in [-0.25, -0.2) is 4.98 Å². The normalized spacial score (nSPS) is 10.6. The number of benzene rings is 2. The molecule has 0 fully saturated rings. The van der Waals surface area contributed by atoms with Gasteiger partial charge in [-0.15, -0.1) is 0 Å². The van der Waals surface area contributed by atoms with Gasteiger partial charge in [-0.3, -0.25) is 4.79 Å². The van der Waals surface area contributed by atoms with E-state index in [2.05, 4.69) is 4.98 Å². The Hall–Kier alpha value is -3.08. The Bertz CT molecular complexity index is 887. The first-order chi connectivity index (χ1) is 12.6. The Morgan fingerprint density at radius 2 is 1.81 bits per heavy atom. The van der Waals surface area contributed by atoms with Crippen molar-refractivity contribution in [2.45, 2.75) is 19.9 Å². The predicted octanol–water partition coefficient (Wildman–Crippen LogP) is 3.86. The number of oxazole rings is 1. The summed E-state index contributed by atoms with van der Waals surface area (Å²) in [6, 6.07) is 17.4. The summed E-state index contributed by atoms with van der Waals surface area (Å²) in [5.74, 6) is 1.80. The van der Waals surface area contributed by atoms with E-state index >= 15 is 0 Å². The van der Waals surface area contributed by atoms with E-state index in [0.29, 0.717) is 29.6 Å². The molecule has 0 aliphatic carbocycles. The maximum absolute atomic E-state index is 12.6. The molecule has 26 heavy (non-hydrogen) atoms. The fraction of sp³-hybridized carbons (Fsp3) is 0.238. The Kier molecular flexibility index (Phi) is 5.37. The zero-order chi connectivity index (χ0) is 18.5. The van der Waals surface area contributed by atoms with Crippen molar-refractivity contribution in [3.05, 3.63) is 71.6 Å². The Morgan fingerprint density at radius 3 is 2.54 bits per heavy atom. The molecule has 3 aromatic rings. The smallest absolute Gasteiger partial charge is 0.230 e. The minimum atomic E-state index is -0.00294. The van der Waals surface area contributed by atoms with Crippen molar-refractivity contribution in [1.29, 1.82) is 0 Å². The number of aromatic nitrogens is 1. The fourth-order valence-corrected chi connectivity index (χ4v) is 2.75. The van der Waals surface area contributed by atoms with Crippen LogP contribution >= 0.6 is 0 Å². The summed E-state index contributed by atoms with van der Waals surface area (Å²) in [6.45, 7) is 2.39. The molecule has 0 spiro atoms. The number of para-hydroxylation sites is 1. The molecule has 0 radical (unpaired) electrons. The lowest BCUT2D eigenvalue weighted by Crippen LogP contribution is -2.28. The van der Waals surface area contributed by atoms with Crippen LogP contribution in [0.1, 0.15) is 17.0 Å². The van der Waals surface area contributed by atoms with Crippen molar-refractivity contribution >= 4 is 5.91 Å². The highest BCUT2D eigenvalue weighted by atomic mass is 16.5. The maximum atomic E-state index is 12.6. The van der Waals surface area contributed by atoms with Gasteiger partial charge in [0.1, 0.15) is 11.5 Å². The van der Waals surface area contributed by atoms with Crippen LogP contribution in [-0.2, 0) is 17.8 Å². The van der Waals surface area contributed by atoms with Crippen molar-refractivity contribution in [1.82, 2.24) is 9.88 Å². The van der Waals surface area contributed by atoms with Crippen LogP contribution in [0.15, 0.2) is 59.0 Å². The minimum absolute atomic E-state index is 0.00294. The number of carbonyl (C=O) groups excluding carboxylic acids is 1. The standard InChI is InChI=1S/C21H22N2O3/c1-15-18(13-20(24)23(2)14-16-9-5-4-6-10-16)22-21(26-15)17-11-7-8-12-19(17)25-3/h4-12H,13-14H2,1-3H3. The minimum Gasteiger partial charge on any atom is -0.496 e. The molecular weight excluding hydrogens is 328 g/mol. The zero-order valence-electron chi connectivity index (χ0n) is 15.2. The number of methoxy groups -OCH3 is 1. The van der Waals surface area contributed by atoms with Crippen molar-refractivity contribution in [3.63, 3.8) is 0 Å². The van der Waals surface area contributed by atoms with Crippen LogP contribution < -0.4 is 4.74 Å². The molecule has 1 heterocycles. The fourth-order valence-electron chi connectivity index (χ4n) is 2.75. The SMILES string of the molecule is COc1ccccc1-c1nc(CC(=O)N(C)Cc2ccccc2)c(C)o1. The molecule has 134 valence electrons. The van der Waals surface area contributed by atoms with Crippen LogP contribution in [0.2, 0.25) is 0 Å². The number of hydrogen-bond acceptors (Lipinski definition) is 4. The van der Waals surface area contributed by atoms with Gasteiger partial charge in [0.15, 0.2) is 0 Å². The lowest BCUT2D eigenvalue weighted by atomic mass is 10.2. The van der Waals surface area contributed by atoms with Gasteiger partial charge in [0.2, 0.25) is 11.8 Å². The third-order valence-corrected chi connectivity index (χ3v) is 4.24. The number of ether oxygens (including phenoxy) is 1. The third kappa shape index (κ3) is 3.94. The Balaban J connectivity index is 1.74. The summed E-state index contributed by atoms with van der Waals surface area (Å²) in [6.07, 6.45) is 0.202. The second kappa shape index (κ2) is 7.87. The quantitative estimate of drug-likeness (QED) is 0.677. The van der Waals surface area contributed by atoms with Gasteiger partial charge in [-0.1, -0.05) is 42.5 Å². The van der Waals surface area contributed by atoms with Crippen LogP contribution in [0.3, 0.4) is 0 Å². The molecule has 3 rings (SSSR count). The molecule has 0 N–H and O–H groups in total. The Morgan fingerprint density at radius 1 is 1.12 bits per heavy atom. The second-order valence-corrected chi connectivity index (χ2v) is 6.13. The van der Waals surface area contributed by atoms with Crippen molar-refractivity contribution in [2.75, 3.05) is 14.2 Å². The number of aryl methyl sites for hydroxylation is 1. The van der Waals surface area contributed by atoms with E-state index in [1.54, 1.807) is 19.1 Å². The molecule has 0 aliphatic heterocycles. The topological polar surface area (TPSA) is 55.6 Å². The average molecular weight is 350 g/mol. The van der Waals surface area contributed by atoms with E-state index in [1.165, 1.54) is 0 Å². The van der Waals surface area contributed by atoms with Crippen molar-refractivity contribution in [2.24, 2.45) is 0 Å². The van der Waals surface area contributed by atoms with Crippen molar-refractivity contribution in [3.8, 4) is 17.2 Å². The van der Waals surface area contributed by atoms with Crippen LogP contribution in [0, 0.1) is 6.92 Å². The van der Waals surface area contributed by atoms with Gasteiger partial charge in [-0.05, 0) is 24.6 Å². The van der Waals surface area contributed by atoms with Crippen LogP contribution in [-0.4, -0.2) is 29.9 Å². The number of carbonyl (C=O) groups is 1. The summed E-state index contributed by atoms with van der Waals surface area (Å²) in [4.78, 5) is 18.8. The van der Waals surface area contributed by atoms with Crippen LogP contribution in [0.25, 0.3) is 11.5 Å². The number of likely N-dealkylation sites (N-methyl/N-ethyl adjacent to an activating group) is 1. The summed E-state index contributed by atoms with van der Waals surface area (Å²) in [5.41, 5.74) is 2.51. The van der Waals surface area contributed by atoms with Gasteiger partial charge in [-0.2, -0.15) is 0 Å². The molecule has 1 aromatic heterocycles. The van der Waals surface area contributed by atoms with Crippen LogP contribution in [0.4, 0.5) is 0 Å². The van der Waals surface area contributed by atoms with E-state index in [1.807, 2.05) is 61.5 Å². The summed E-state index contributed by atoms with van der Waals surface area (Å²) in [7, 11) is 3.41. The average Bonchev–Trinajstić information content (AvgIpc) is 3.02. The van der Waals surface area contributed by atoms with Crippen molar-refractivity contribution < 1.29 is 13.9 Å².